The summed E-state index contributed by atoms with van der Waals surface area (Å²) < 4.78 is 11.1. The van der Waals surface area contributed by atoms with Gasteiger partial charge in [-0.25, -0.2) is 4.79 Å². The first-order valence-electron chi connectivity index (χ1n) is 6.76. The van der Waals surface area contributed by atoms with Crippen molar-refractivity contribution in [2.45, 2.75) is 26.1 Å². The maximum Gasteiger partial charge on any atom is 0.347 e. The Kier molecular flexibility index (Phi) is 4.93. The zero-order chi connectivity index (χ0) is 16.2. The lowest BCUT2D eigenvalue weighted by Gasteiger charge is -2.21. The van der Waals surface area contributed by atoms with Crippen molar-refractivity contribution < 1.29 is 19.4 Å². The minimum atomic E-state index is -1.26. The summed E-state index contributed by atoms with van der Waals surface area (Å²) in [4.78, 5) is 11.0. The minimum Gasteiger partial charge on any atom is -0.489 e. The van der Waals surface area contributed by atoms with Gasteiger partial charge in [0.05, 0.1) is 0 Å². The Hall–Kier alpha value is -2.20. The lowest BCUT2D eigenvalue weighted by Crippen LogP contribution is -2.37. The molecule has 0 unspecified atom stereocenters. The van der Waals surface area contributed by atoms with E-state index in [0.717, 1.165) is 11.3 Å². The van der Waals surface area contributed by atoms with Gasteiger partial charge < -0.3 is 14.6 Å². The fraction of sp³-hybridized carbons (Fsp3) is 0.235. The Morgan fingerprint density at radius 3 is 2.14 bits per heavy atom. The van der Waals surface area contributed by atoms with Crippen molar-refractivity contribution in [3.05, 3.63) is 59.1 Å². The van der Waals surface area contributed by atoms with E-state index in [-0.39, 0.29) is 0 Å². The van der Waals surface area contributed by atoms with Crippen LogP contribution >= 0.6 is 11.6 Å². The molecule has 1 N–H and O–H groups in total. The van der Waals surface area contributed by atoms with Crippen LogP contribution in [0.15, 0.2) is 48.5 Å². The summed E-state index contributed by atoms with van der Waals surface area (Å²) in [5.74, 6) is 0.224. The topological polar surface area (TPSA) is 55.8 Å². The van der Waals surface area contributed by atoms with Crippen LogP contribution in [0.3, 0.4) is 0 Å². The molecule has 0 bridgehead atoms. The molecule has 2 aromatic carbocycles. The number of ether oxygens (including phenoxy) is 2. The molecular weight excluding hydrogens is 304 g/mol. The van der Waals surface area contributed by atoms with E-state index in [1.807, 2.05) is 12.1 Å². The summed E-state index contributed by atoms with van der Waals surface area (Å²) in [7, 11) is 0. The number of rotatable bonds is 6. The summed E-state index contributed by atoms with van der Waals surface area (Å²) in [5.41, 5.74) is -0.308. The van der Waals surface area contributed by atoms with Gasteiger partial charge in [0.2, 0.25) is 0 Å². The molecule has 0 aliphatic carbocycles. The van der Waals surface area contributed by atoms with Crippen molar-refractivity contribution >= 4 is 17.6 Å². The van der Waals surface area contributed by atoms with Gasteiger partial charge in [0.15, 0.2) is 5.60 Å². The number of carboxylic acids is 1. The maximum atomic E-state index is 11.0. The van der Waals surface area contributed by atoms with E-state index in [9.17, 15) is 4.79 Å². The predicted octanol–water partition coefficient (Wildman–Crippen LogP) is 4.16. The van der Waals surface area contributed by atoms with Gasteiger partial charge in [-0.15, -0.1) is 0 Å². The van der Waals surface area contributed by atoms with Crippen LogP contribution < -0.4 is 9.47 Å². The number of carboxylic acid groups (broad SMARTS) is 1. The first-order chi connectivity index (χ1) is 10.4. The summed E-state index contributed by atoms with van der Waals surface area (Å²) >= 11 is 5.81. The van der Waals surface area contributed by atoms with Crippen LogP contribution in [0.25, 0.3) is 0 Å². The van der Waals surface area contributed by atoms with Gasteiger partial charge in [0.1, 0.15) is 18.1 Å². The minimum absolute atomic E-state index is 0.407. The number of hydrogen-bond donors (Lipinski definition) is 1. The molecule has 0 spiro atoms. The van der Waals surface area contributed by atoms with E-state index >= 15 is 0 Å². The lowest BCUT2D eigenvalue weighted by atomic mass is 10.1. The standard InChI is InChI=1S/C17H17ClO4/c1-17(2,16(19)20)22-15-7-3-12(4-8-15)11-21-14-9-5-13(18)6-10-14/h3-10H,11H2,1-2H3,(H,19,20). The average molecular weight is 321 g/mol. The monoisotopic (exact) mass is 320 g/mol. The van der Waals surface area contributed by atoms with Gasteiger partial charge in [-0.3, -0.25) is 0 Å². The molecule has 5 heteroatoms. The van der Waals surface area contributed by atoms with Crippen molar-refractivity contribution in [2.75, 3.05) is 0 Å². The molecule has 2 rings (SSSR count). The smallest absolute Gasteiger partial charge is 0.347 e. The molecule has 0 heterocycles. The third-order valence-electron chi connectivity index (χ3n) is 3.03. The van der Waals surface area contributed by atoms with E-state index < -0.39 is 11.6 Å². The zero-order valence-corrected chi connectivity index (χ0v) is 13.1. The third kappa shape index (κ3) is 4.40. The Bertz CT molecular complexity index is 633. The molecule has 116 valence electrons. The molecule has 22 heavy (non-hydrogen) atoms. The highest BCUT2D eigenvalue weighted by molar-refractivity contribution is 6.30. The Labute approximate surface area is 134 Å². The molecule has 0 saturated carbocycles. The molecule has 0 aliphatic heterocycles. The molecule has 4 nitrogen and oxygen atoms in total. The van der Waals surface area contributed by atoms with E-state index in [1.165, 1.54) is 13.8 Å². The van der Waals surface area contributed by atoms with Crippen molar-refractivity contribution in [2.24, 2.45) is 0 Å². The maximum absolute atomic E-state index is 11.0. The van der Waals surface area contributed by atoms with Crippen molar-refractivity contribution in [1.29, 1.82) is 0 Å². The highest BCUT2D eigenvalue weighted by Crippen LogP contribution is 2.21. The highest BCUT2D eigenvalue weighted by Gasteiger charge is 2.29. The first-order valence-corrected chi connectivity index (χ1v) is 7.14. The van der Waals surface area contributed by atoms with Gasteiger partial charge in [0.25, 0.3) is 0 Å². The van der Waals surface area contributed by atoms with E-state index in [4.69, 9.17) is 26.2 Å². The largest absolute Gasteiger partial charge is 0.489 e. The summed E-state index contributed by atoms with van der Waals surface area (Å²) in [6, 6.07) is 14.3. The lowest BCUT2D eigenvalue weighted by molar-refractivity contribution is -0.152. The third-order valence-corrected chi connectivity index (χ3v) is 3.28. The van der Waals surface area contributed by atoms with Crippen LogP contribution in [0.4, 0.5) is 0 Å². The molecule has 0 aromatic heterocycles. The number of hydrogen-bond acceptors (Lipinski definition) is 3. The summed E-state index contributed by atoms with van der Waals surface area (Å²) in [5, 5.41) is 9.69. The van der Waals surface area contributed by atoms with Crippen LogP contribution in [-0.2, 0) is 11.4 Å². The van der Waals surface area contributed by atoms with Gasteiger partial charge in [-0.1, -0.05) is 23.7 Å². The quantitative estimate of drug-likeness (QED) is 0.868. The normalized spacial score (nSPS) is 11.0. The molecule has 0 fully saturated rings. The fourth-order valence-electron chi connectivity index (χ4n) is 1.69. The van der Waals surface area contributed by atoms with Crippen LogP contribution in [0, 0.1) is 0 Å². The summed E-state index contributed by atoms with van der Waals surface area (Å²) in [6.07, 6.45) is 0. The van der Waals surface area contributed by atoms with E-state index in [0.29, 0.717) is 17.4 Å². The molecular formula is C17H17ClO4. The second kappa shape index (κ2) is 6.71. The molecule has 0 radical (unpaired) electrons. The summed E-state index contributed by atoms with van der Waals surface area (Å²) in [6.45, 7) is 3.42. The Balaban J connectivity index is 1.94. The second-order valence-electron chi connectivity index (χ2n) is 5.30. The molecule has 0 atom stereocenters. The second-order valence-corrected chi connectivity index (χ2v) is 5.74. The first kappa shape index (κ1) is 16.2. The van der Waals surface area contributed by atoms with Gasteiger partial charge in [-0.05, 0) is 55.8 Å². The van der Waals surface area contributed by atoms with Crippen molar-refractivity contribution in [1.82, 2.24) is 0 Å². The molecule has 0 saturated heterocycles. The van der Waals surface area contributed by atoms with Gasteiger partial charge >= 0.3 is 5.97 Å². The molecule has 2 aromatic rings. The molecule has 0 aliphatic rings. The van der Waals surface area contributed by atoms with Crippen molar-refractivity contribution in [3.63, 3.8) is 0 Å². The number of carbonyl (C=O) groups is 1. The number of aliphatic carboxylic acids is 1. The SMILES string of the molecule is CC(C)(Oc1ccc(COc2ccc(Cl)cc2)cc1)C(=O)O. The van der Waals surface area contributed by atoms with Gasteiger partial charge in [0, 0.05) is 5.02 Å². The Morgan fingerprint density at radius 1 is 1.05 bits per heavy atom. The Morgan fingerprint density at radius 2 is 1.59 bits per heavy atom. The van der Waals surface area contributed by atoms with E-state index in [1.54, 1.807) is 36.4 Å². The van der Waals surface area contributed by atoms with Crippen LogP contribution in [-0.4, -0.2) is 16.7 Å². The van der Waals surface area contributed by atoms with E-state index in [2.05, 4.69) is 0 Å². The van der Waals surface area contributed by atoms with Crippen LogP contribution in [0.2, 0.25) is 5.02 Å². The number of benzene rings is 2. The van der Waals surface area contributed by atoms with Crippen LogP contribution in [0.5, 0.6) is 11.5 Å². The average Bonchev–Trinajstić information content (AvgIpc) is 2.48. The fourth-order valence-corrected chi connectivity index (χ4v) is 1.82. The predicted molar refractivity (Wildman–Crippen MR) is 84.6 cm³/mol. The number of halogens is 1. The van der Waals surface area contributed by atoms with Crippen molar-refractivity contribution in [3.8, 4) is 11.5 Å². The zero-order valence-electron chi connectivity index (χ0n) is 12.4. The molecule has 0 amide bonds. The van der Waals surface area contributed by atoms with Crippen LogP contribution in [0.1, 0.15) is 19.4 Å². The highest BCUT2D eigenvalue weighted by atomic mass is 35.5. The van der Waals surface area contributed by atoms with Gasteiger partial charge in [-0.2, -0.15) is 0 Å².